The fourth-order valence-electron chi connectivity index (χ4n) is 26.8. The summed E-state index contributed by atoms with van der Waals surface area (Å²) in [6.45, 7) is 0. The van der Waals surface area contributed by atoms with Gasteiger partial charge in [-0.15, -0.1) is 11.3 Å². The van der Waals surface area contributed by atoms with E-state index in [9.17, 15) is 0 Å². The number of fused-ring (bicyclic) bond motifs is 42. The Morgan fingerprint density at radius 2 is 0.451 bits per heavy atom. The summed E-state index contributed by atoms with van der Waals surface area (Å²) < 4.78 is 9.25. The number of rotatable bonds is 9. The molecule has 0 radical (unpaired) electrons. The van der Waals surface area contributed by atoms with Crippen molar-refractivity contribution in [1.29, 1.82) is 0 Å². The Bertz CT molecular complexity index is 9360. The molecule has 0 bridgehead atoms. The molecule has 0 atom stereocenters. The highest BCUT2D eigenvalue weighted by molar-refractivity contribution is 8.00. The SMILES string of the molecule is c1ccc2c(c1)Sc1ccccc1C21c2ccccc2-c2cc(N(c3ccc(-c4ccc5sc6cc(-c7ccc8c(c7)C7(c9ccccc9Sc9ccccc97)c7ccc(N(c9ccc(-c%10cccc%11c%10oc%10ccccc%10%11)cc9)c9ccc%10c(c9)-c9ccccc9C%109c%10ccccc%10Sc%10ccccc%109)cc7-8)ccc6c5c4)cc3)c3ccc4c(c3)-c3ccccc3C43c4ccccc4Sc4ccccc43)ccc21. The maximum absolute atomic E-state index is 6.73. The van der Waals surface area contributed by atoms with Gasteiger partial charge in [-0.25, -0.2) is 0 Å². The standard InChI is InChI=1S/C136H80N2OS5/c1-5-32-105-93(26-1)100-77-88(63-69-108(100)133(105)112-35-8-17-44-123(112)141-124-45-18-9-36-113(124)133)137(89-64-70-109-101(78-89)94-27-2-6-33-106(94)134(109)114-37-10-19-46-125(114)142-126-47-20-11-38-115(126)134)86-59-52-81(53-60-86)83-58-73-122-104(74-83)98-68-57-85(76-131(98)140-122)84-56-67-96-103-80-91(66-72-111(103)136(120(96)75-84)118-41-14-23-50-129(118)144-130-51-24-15-42-119(130)136)138(87-61-54-82(55-62-87)92-30-25-31-99-97-29-4-16-43-121(97)139-132(92)99)90-65-71-110-102(79-90)95-28-3-7-34-107(95)135(110)116-39-12-21-48-127(116)143-128-49-22-13-40-117(128)135/h1-80H. The molecule has 0 unspecified atom stereocenters. The van der Waals surface area contributed by atoms with E-state index in [1.165, 1.54) is 210 Å². The Labute approximate surface area is 854 Å². The number of anilines is 6. The van der Waals surface area contributed by atoms with Gasteiger partial charge < -0.3 is 14.2 Å². The number of benzene rings is 22. The summed E-state index contributed by atoms with van der Waals surface area (Å²) in [5.74, 6) is 0. The fourth-order valence-corrected chi connectivity index (χ4v) is 32.7. The molecule has 8 heteroatoms. The zero-order chi connectivity index (χ0) is 94.0. The van der Waals surface area contributed by atoms with E-state index in [-0.39, 0.29) is 0 Å². The number of para-hydroxylation sites is 2. The molecule has 4 spiro atoms. The van der Waals surface area contributed by atoms with Crippen molar-refractivity contribution in [1.82, 2.24) is 0 Å². The lowest BCUT2D eigenvalue weighted by molar-refractivity contribution is 0.670. The minimum atomic E-state index is -0.658. The van der Waals surface area contributed by atoms with Crippen LogP contribution < -0.4 is 9.80 Å². The normalized spacial score (nSPS) is 14.6. The highest BCUT2D eigenvalue weighted by atomic mass is 32.2. The van der Waals surface area contributed by atoms with Gasteiger partial charge in [0, 0.05) is 110 Å². The molecule has 0 amide bonds. The van der Waals surface area contributed by atoms with E-state index in [1.807, 2.05) is 58.4 Å². The number of hydrogen-bond donors (Lipinski definition) is 0. The van der Waals surface area contributed by atoms with Crippen LogP contribution in [0.3, 0.4) is 0 Å². The van der Waals surface area contributed by atoms with Crippen LogP contribution in [0.15, 0.2) is 529 Å². The van der Waals surface area contributed by atoms with E-state index in [1.54, 1.807) is 0 Å². The molecule has 0 saturated carbocycles. The first-order valence-electron chi connectivity index (χ1n) is 49.5. The highest BCUT2D eigenvalue weighted by Crippen LogP contribution is 2.70. The summed E-state index contributed by atoms with van der Waals surface area (Å²) in [5.41, 5.74) is 43.9. The molecular weight excluding hydrogens is 1840 g/mol. The van der Waals surface area contributed by atoms with Crippen molar-refractivity contribution < 1.29 is 4.42 Å². The third-order valence-electron chi connectivity index (χ3n) is 32.6. The van der Waals surface area contributed by atoms with Crippen LogP contribution in [0.1, 0.15) is 89.0 Å². The second kappa shape index (κ2) is 30.7. The lowest BCUT2D eigenvalue weighted by Gasteiger charge is -2.40. The van der Waals surface area contributed by atoms with Crippen LogP contribution in [0.2, 0.25) is 0 Å². The monoisotopic (exact) mass is 1920 g/mol. The van der Waals surface area contributed by atoms with Gasteiger partial charge in [0.2, 0.25) is 0 Å². The molecule has 144 heavy (non-hydrogen) atoms. The molecule has 4 aliphatic heterocycles. The van der Waals surface area contributed by atoms with Gasteiger partial charge in [-0.05, 0) is 313 Å². The van der Waals surface area contributed by atoms with Crippen molar-refractivity contribution in [3.63, 3.8) is 0 Å². The smallest absolute Gasteiger partial charge is 0.143 e. The molecular formula is C136H80N2OS5. The minimum Gasteiger partial charge on any atom is -0.455 e. The molecule has 3 nitrogen and oxygen atoms in total. The molecule has 32 rings (SSSR count). The van der Waals surface area contributed by atoms with E-state index < -0.39 is 21.7 Å². The van der Waals surface area contributed by atoms with E-state index in [0.717, 1.165) is 72.8 Å². The van der Waals surface area contributed by atoms with E-state index in [0.29, 0.717) is 0 Å². The first kappa shape index (κ1) is 81.5. The first-order chi connectivity index (χ1) is 71.3. The van der Waals surface area contributed by atoms with Gasteiger partial charge in [0.15, 0.2) is 0 Å². The van der Waals surface area contributed by atoms with Crippen molar-refractivity contribution >= 4 is 135 Å². The Hall–Kier alpha value is -16.1. The van der Waals surface area contributed by atoms with Crippen LogP contribution >= 0.6 is 58.4 Å². The minimum absolute atomic E-state index is 0.505. The topological polar surface area (TPSA) is 19.6 Å². The summed E-state index contributed by atoms with van der Waals surface area (Å²) >= 11 is 9.45. The van der Waals surface area contributed by atoms with Crippen molar-refractivity contribution in [2.24, 2.45) is 0 Å². The van der Waals surface area contributed by atoms with Gasteiger partial charge in [0.05, 0.1) is 21.7 Å². The molecule has 0 saturated heterocycles. The Morgan fingerprint density at radius 1 is 0.160 bits per heavy atom. The van der Waals surface area contributed by atoms with E-state index in [2.05, 4.69) is 495 Å². The Kier molecular flexibility index (Phi) is 17.4. The van der Waals surface area contributed by atoms with Gasteiger partial charge in [0.1, 0.15) is 11.2 Å². The first-order valence-corrected chi connectivity index (χ1v) is 53.6. The summed E-state index contributed by atoms with van der Waals surface area (Å²) in [7, 11) is 0. The molecule has 22 aromatic carbocycles. The van der Waals surface area contributed by atoms with Crippen molar-refractivity contribution in [3.05, 3.63) is 574 Å². The maximum Gasteiger partial charge on any atom is 0.143 e. The summed E-state index contributed by atoms with van der Waals surface area (Å²) in [6, 6.07) is 186. The predicted molar refractivity (Wildman–Crippen MR) is 598 cm³/mol. The van der Waals surface area contributed by atoms with Crippen LogP contribution in [0.4, 0.5) is 34.1 Å². The highest BCUT2D eigenvalue weighted by Gasteiger charge is 2.56. The van der Waals surface area contributed by atoms with Crippen molar-refractivity contribution in [2.75, 3.05) is 9.80 Å². The van der Waals surface area contributed by atoms with Gasteiger partial charge in [-0.1, -0.05) is 381 Å². The zero-order valence-corrected chi connectivity index (χ0v) is 81.6. The van der Waals surface area contributed by atoms with Gasteiger partial charge in [-0.3, -0.25) is 0 Å². The van der Waals surface area contributed by atoms with Gasteiger partial charge >= 0.3 is 0 Å². The number of furan rings is 1. The molecule has 0 fully saturated rings. The largest absolute Gasteiger partial charge is 0.455 e. The Balaban J connectivity index is 0.521. The summed E-state index contributed by atoms with van der Waals surface area (Å²) in [6.07, 6.45) is 0. The number of hydrogen-bond acceptors (Lipinski definition) is 8. The van der Waals surface area contributed by atoms with Crippen LogP contribution in [0.5, 0.6) is 0 Å². The third kappa shape index (κ3) is 11.1. The molecule has 4 aliphatic carbocycles. The van der Waals surface area contributed by atoms with Gasteiger partial charge in [-0.2, -0.15) is 0 Å². The summed E-state index contributed by atoms with van der Waals surface area (Å²) in [4.78, 5) is 15.4. The molecule has 6 heterocycles. The molecule has 670 valence electrons. The molecule has 8 aliphatic rings. The summed E-state index contributed by atoms with van der Waals surface area (Å²) in [5, 5.41) is 4.74. The lowest BCUT2D eigenvalue weighted by atomic mass is 9.67. The zero-order valence-electron chi connectivity index (χ0n) is 77.5. The van der Waals surface area contributed by atoms with Crippen LogP contribution in [-0.4, -0.2) is 0 Å². The van der Waals surface area contributed by atoms with Crippen LogP contribution in [0.25, 0.3) is 120 Å². The van der Waals surface area contributed by atoms with E-state index >= 15 is 0 Å². The van der Waals surface area contributed by atoms with Crippen LogP contribution in [0, 0.1) is 0 Å². The molecule has 0 N–H and O–H groups in total. The fraction of sp³-hybridized carbons (Fsp3) is 0.0294. The molecule has 24 aromatic rings. The van der Waals surface area contributed by atoms with Crippen molar-refractivity contribution in [3.8, 4) is 77.9 Å². The van der Waals surface area contributed by atoms with Crippen LogP contribution in [-0.2, 0) is 21.7 Å². The van der Waals surface area contributed by atoms with E-state index in [4.69, 9.17) is 4.42 Å². The second-order valence-electron chi connectivity index (χ2n) is 39.3. The Morgan fingerprint density at radius 3 is 0.861 bits per heavy atom. The third-order valence-corrected chi connectivity index (χ3v) is 38.3. The predicted octanol–water partition coefficient (Wildman–Crippen LogP) is 37.2. The quantitative estimate of drug-likeness (QED) is 0.142. The van der Waals surface area contributed by atoms with Gasteiger partial charge in [0.25, 0.3) is 0 Å². The number of nitrogens with zero attached hydrogens (tertiary/aromatic N) is 2. The molecule has 2 aromatic heterocycles. The maximum atomic E-state index is 6.73. The average Bonchev–Trinajstić information content (AvgIpc) is 1.51. The average molecular weight is 1920 g/mol. The second-order valence-corrected chi connectivity index (χ2v) is 44.7. The number of thiophene rings is 1. The lowest BCUT2D eigenvalue weighted by Crippen LogP contribution is -2.32. The van der Waals surface area contributed by atoms with Crippen molar-refractivity contribution in [2.45, 2.75) is 60.8 Å².